The van der Waals surface area contributed by atoms with Crippen LogP contribution < -0.4 is 11.1 Å². The van der Waals surface area contributed by atoms with E-state index in [1.807, 2.05) is 0 Å². The lowest BCUT2D eigenvalue weighted by atomic mass is 10.1. The van der Waals surface area contributed by atoms with E-state index in [9.17, 15) is 9.59 Å². The van der Waals surface area contributed by atoms with Crippen molar-refractivity contribution in [3.63, 3.8) is 0 Å². The van der Waals surface area contributed by atoms with Crippen molar-refractivity contribution in [2.75, 3.05) is 13.7 Å². The Balaban J connectivity index is 2.40. The second kappa shape index (κ2) is 6.00. The molecular formula is C10H16N4O3. The third-order valence-corrected chi connectivity index (χ3v) is 2.22. The minimum Gasteiger partial charge on any atom is -0.469 e. The maximum Gasteiger partial charge on any atom is 0.307 e. The molecule has 0 bridgehead atoms. The molecule has 1 heterocycles. The molecule has 1 rings (SSSR count). The molecule has 0 radical (unpaired) electrons. The first-order chi connectivity index (χ1) is 8.04. The summed E-state index contributed by atoms with van der Waals surface area (Å²) >= 11 is 0. The highest BCUT2D eigenvalue weighted by molar-refractivity contribution is 5.83. The summed E-state index contributed by atoms with van der Waals surface area (Å²) in [5.74, 6) is -0.720. The van der Waals surface area contributed by atoms with Crippen LogP contribution in [0.4, 0.5) is 0 Å². The maximum atomic E-state index is 11.6. The topological polar surface area (TPSA) is 99.2 Å². The zero-order chi connectivity index (χ0) is 12.8. The van der Waals surface area contributed by atoms with Gasteiger partial charge in [0.05, 0.1) is 19.7 Å². The van der Waals surface area contributed by atoms with Crippen molar-refractivity contribution in [1.82, 2.24) is 15.1 Å². The Bertz CT molecular complexity index is 402. The molecule has 0 saturated carbocycles. The van der Waals surface area contributed by atoms with E-state index < -0.39 is 6.04 Å². The minimum atomic E-state index is -0.777. The Morgan fingerprint density at radius 3 is 2.88 bits per heavy atom. The molecule has 7 nitrogen and oxygen atoms in total. The maximum absolute atomic E-state index is 11.6. The molecule has 1 amide bonds. The molecule has 0 aliphatic carbocycles. The van der Waals surface area contributed by atoms with Crippen LogP contribution in [0.25, 0.3) is 0 Å². The molecule has 1 aromatic rings. The van der Waals surface area contributed by atoms with Gasteiger partial charge in [-0.3, -0.25) is 14.3 Å². The van der Waals surface area contributed by atoms with Gasteiger partial charge in [0, 0.05) is 25.4 Å². The quantitative estimate of drug-likeness (QED) is 0.650. The summed E-state index contributed by atoms with van der Waals surface area (Å²) in [7, 11) is 3.04. The molecule has 1 aromatic heterocycles. The van der Waals surface area contributed by atoms with Gasteiger partial charge in [0.2, 0.25) is 5.91 Å². The van der Waals surface area contributed by atoms with Crippen LogP contribution in [0.3, 0.4) is 0 Å². The van der Waals surface area contributed by atoms with Gasteiger partial charge in [-0.05, 0) is 0 Å². The van der Waals surface area contributed by atoms with Gasteiger partial charge in [0.1, 0.15) is 6.04 Å². The molecule has 1 unspecified atom stereocenters. The number of nitrogens with two attached hydrogens (primary N) is 1. The number of hydrogen-bond acceptors (Lipinski definition) is 5. The third-order valence-electron chi connectivity index (χ3n) is 2.22. The first kappa shape index (κ1) is 13.2. The molecule has 0 fully saturated rings. The number of methoxy groups -OCH3 is 1. The molecule has 0 aliphatic rings. The van der Waals surface area contributed by atoms with Gasteiger partial charge >= 0.3 is 5.97 Å². The Morgan fingerprint density at radius 1 is 1.65 bits per heavy atom. The van der Waals surface area contributed by atoms with Crippen LogP contribution in [-0.4, -0.2) is 35.3 Å². The van der Waals surface area contributed by atoms with Crippen molar-refractivity contribution in [2.24, 2.45) is 12.8 Å². The number of hydrogen-bond donors (Lipinski definition) is 2. The van der Waals surface area contributed by atoms with Crippen molar-refractivity contribution in [3.05, 3.63) is 18.0 Å². The van der Waals surface area contributed by atoms with Gasteiger partial charge in [-0.2, -0.15) is 5.10 Å². The van der Waals surface area contributed by atoms with Crippen LogP contribution in [0.1, 0.15) is 18.0 Å². The molecule has 0 aromatic carbocycles. The normalized spacial score (nSPS) is 11.9. The number of carbonyl (C=O) groups is 2. The lowest BCUT2D eigenvalue weighted by molar-refractivity contribution is -0.140. The average molecular weight is 240 g/mol. The van der Waals surface area contributed by atoms with Gasteiger partial charge in [0.15, 0.2) is 0 Å². The highest BCUT2D eigenvalue weighted by atomic mass is 16.5. The number of rotatable bonds is 5. The summed E-state index contributed by atoms with van der Waals surface area (Å²) in [6, 6.07) is -0.777. The van der Waals surface area contributed by atoms with E-state index in [0.29, 0.717) is 5.56 Å². The van der Waals surface area contributed by atoms with E-state index in [-0.39, 0.29) is 24.8 Å². The van der Waals surface area contributed by atoms with Crippen LogP contribution in [0, 0.1) is 0 Å². The average Bonchev–Trinajstić information content (AvgIpc) is 2.74. The molecule has 94 valence electrons. The lowest BCUT2D eigenvalue weighted by Crippen LogP contribution is -2.35. The van der Waals surface area contributed by atoms with Crippen LogP contribution >= 0.6 is 0 Å². The predicted octanol–water partition coefficient (Wildman–Crippen LogP) is -0.901. The third kappa shape index (κ3) is 3.87. The summed E-state index contributed by atoms with van der Waals surface area (Å²) in [6.07, 6.45) is 3.33. The fourth-order valence-electron chi connectivity index (χ4n) is 1.25. The number of aromatic nitrogens is 2. The number of ether oxygens (including phenoxy) is 1. The Hall–Kier alpha value is -1.89. The van der Waals surface area contributed by atoms with Crippen molar-refractivity contribution in [2.45, 2.75) is 12.5 Å². The van der Waals surface area contributed by atoms with Gasteiger partial charge in [-0.15, -0.1) is 0 Å². The largest absolute Gasteiger partial charge is 0.469 e. The Morgan fingerprint density at radius 2 is 2.35 bits per heavy atom. The van der Waals surface area contributed by atoms with Gasteiger partial charge in [0.25, 0.3) is 0 Å². The van der Waals surface area contributed by atoms with E-state index in [1.165, 1.54) is 13.3 Å². The second-order valence-electron chi connectivity index (χ2n) is 3.54. The number of nitrogens with one attached hydrogen (secondary N) is 1. The SMILES string of the molecule is COC(=O)CCNC(=O)C(N)c1cnn(C)c1. The molecule has 17 heavy (non-hydrogen) atoms. The Kier molecular flexibility index (Phi) is 4.65. The molecule has 0 aliphatic heterocycles. The number of nitrogens with zero attached hydrogens (tertiary/aromatic N) is 2. The monoisotopic (exact) mass is 240 g/mol. The van der Waals surface area contributed by atoms with E-state index >= 15 is 0 Å². The lowest BCUT2D eigenvalue weighted by Gasteiger charge is -2.09. The van der Waals surface area contributed by atoms with Crippen LogP contribution in [-0.2, 0) is 21.4 Å². The van der Waals surface area contributed by atoms with Gasteiger partial charge in [-0.25, -0.2) is 0 Å². The zero-order valence-corrected chi connectivity index (χ0v) is 9.84. The van der Waals surface area contributed by atoms with Gasteiger partial charge in [-0.1, -0.05) is 0 Å². The van der Waals surface area contributed by atoms with Crippen molar-refractivity contribution in [1.29, 1.82) is 0 Å². The highest BCUT2D eigenvalue weighted by Gasteiger charge is 2.16. The molecule has 0 spiro atoms. The summed E-state index contributed by atoms with van der Waals surface area (Å²) < 4.78 is 6.01. The first-order valence-electron chi connectivity index (χ1n) is 5.13. The molecule has 0 saturated heterocycles. The smallest absolute Gasteiger partial charge is 0.307 e. The van der Waals surface area contributed by atoms with Crippen molar-refractivity contribution < 1.29 is 14.3 Å². The molecular weight excluding hydrogens is 224 g/mol. The summed E-state index contributed by atoms with van der Waals surface area (Å²) in [5.41, 5.74) is 6.35. The molecule has 3 N–H and O–H groups in total. The summed E-state index contributed by atoms with van der Waals surface area (Å²) in [5, 5.41) is 6.48. The van der Waals surface area contributed by atoms with Crippen LogP contribution in [0.2, 0.25) is 0 Å². The van der Waals surface area contributed by atoms with Crippen LogP contribution in [0.5, 0.6) is 0 Å². The number of amides is 1. The molecule has 7 heteroatoms. The second-order valence-corrected chi connectivity index (χ2v) is 3.54. The number of carbonyl (C=O) groups excluding carboxylic acids is 2. The zero-order valence-electron chi connectivity index (χ0n) is 9.84. The van der Waals surface area contributed by atoms with E-state index in [0.717, 1.165) is 0 Å². The number of aryl methyl sites for hydroxylation is 1. The summed E-state index contributed by atoms with van der Waals surface area (Å²) in [6.45, 7) is 0.208. The van der Waals surface area contributed by atoms with E-state index in [2.05, 4.69) is 15.2 Å². The van der Waals surface area contributed by atoms with E-state index in [1.54, 1.807) is 17.9 Å². The number of esters is 1. The fourth-order valence-corrected chi connectivity index (χ4v) is 1.25. The van der Waals surface area contributed by atoms with Crippen molar-refractivity contribution >= 4 is 11.9 Å². The Labute approximate surface area is 98.9 Å². The van der Waals surface area contributed by atoms with Gasteiger partial charge < -0.3 is 15.8 Å². The highest BCUT2D eigenvalue weighted by Crippen LogP contribution is 2.07. The first-order valence-corrected chi connectivity index (χ1v) is 5.13. The van der Waals surface area contributed by atoms with Crippen LogP contribution in [0.15, 0.2) is 12.4 Å². The van der Waals surface area contributed by atoms with E-state index in [4.69, 9.17) is 5.73 Å². The van der Waals surface area contributed by atoms with Crippen molar-refractivity contribution in [3.8, 4) is 0 Å². The fraction of sp³-hybridized carbons (Fsp3) is 0.500. The standard InChI is InChI=1S/C10H16N4O3/c1-14-6-7(5-13-14)9(11)10(16)12-4-3-8(15)17-2/h5-6,9H,3-4,11H2,1-2H3,(H,12,16). The minimum absolute atomic E-state index is 0.127. The molecule has 1 atom stereocenters. The predicted molar refractivity (Wildman–Crippen MR) is 59.8 cm³/mol. The summed E-state index contributed by atoms with van der Waals surface area (Å²) in [4.78, 5) is 22.4.